The molecule has 1 saturated carbocycles. The Morgan fingerprint density at radius 3 is 2.64 bits per heavy atom. The molecular weight excluding hydrogens is 320 g/mol. The van der Waals surface area contributed by atoms with Crippen LogP contribution in [0.3, 0.4) is 0 Å². The molecule has 1 aliphatic rings. The molecule has 0 aliphatic heterocycles. The van der Waals surface area contributed by atoms with Crippen LogP contribution in [-0.4, -0.2) is 35.8 Å². The van der Waals surface area contributed by atoms with Gasteiger partial charge in [0.1, 0.15) is 0 Å². The third kappa shape index (κ3) is 5.00. The molecular formula is C16H21ClN2O2S. The van der Waals surface area contributed by atoms with Gasteiger partial charge in [0.25, 0.3) is 0 Å². The summed E-state index contributed by atoms with van der Waals surface area (Å²) in [5.74, 6) is 0.978. The van der Waals surface area contributed by atoms with Gasteiger partial charge in [0, 0.05) is 16.6 Å². The summed E-state index contributed by atoms with van der Waals surface area (Å²) in [6, 6.07) is 6.99. The average molecular weight is 341 g/mol. The molecule has 22 heavy (non-hydrogen) atoms. The molecule has 0 radical (unpaired) electrons. The summed E-state index contributed by atoms with van der Waals surface area (Å²) in [6.45, 7) is 0.618. The second-order valence-corrected chi connectivity index (χ2v) is 6.95. The number of halogens is 1. The van der Waals surface area contributed by atoms with Crippen molar-refractivity contribution >= 4 is 35.1 Å². The van der Waals surface area contributed by atoms with Crippen LogP contribution in [0.15, 0.2) is 24.3 Å². The number of nitrogens with one attached hydrogen (secondary N) is 1. The summed E-state index contributed by atoms with van der Waals surface area (Å²) in [4.78, 5) is 23.9. The van der Waals surface area contributed by atoms with E-state index in [1.54, 1.807) is 24.3 Å². The first kappa shape index (κ1) is 17.3. The van der Waals surface area contributed by atoms with Crippen LogP contribution >= 0.6 is 23.4 Å². The zero-order valence-corrected chi connectivity index (χ0v) is 14.0. The van der Waals surface area contributed by atoms with Crippen LogP contribution in [0.2, 0.25) is 5.02 Å². The summed E-state index contributed by atoms with van der Waals surface area (Å²) >= 11 is 7.12. The van der Waals surface area contributed by atoms with Gasteiger partial charge in [-0.15, -0.1) is 11.8 Å². The van der Waals surface area contributed by atoms with Gasteiger partial charge in [-0.3, -0.25) is 9.59 Å². The summed E-state index contributed by atoms with van der Waals surface area (Å²) in [6.07, 6.45) is 3.21. The van der Waals surface area contributed by atoms with Crippen LogP contribution < -0.4 is 11.1 Å². The first-order chi connectivity index (χ1) is 10.6. The Kier molecular flexibility index (Phi) is 6.73. The minimum absolute atomic E-state index is 0.00941. The Morgan fingerprint density at radius 2 is 1.95 bits per heavy atom. The van der Waals surface area contributed by atoms with E-state index in [4.69, 9.17) is 17.3 Å². The highest BCUT2D eigenvalue weighted by Crippen LogP contribution is 2.24. The second-order valence-electron chi connectivity index (χ2n) is 5.52. The van der Waals surface area contributed by atoms with E-state index in [9.17, 15) is 9.59 Å². The van der Waals surface area contributed by atoms with Crippen molar-refractivity contribution in [2.75, 3.05) is 18.1 Å². The molecule has 1 aliphatic carbocycles. The fourth-order valence-corrected chi connectivity index (χ4v) is 3.56. The predicted molar refractivity (Wildman–Crippen MR) is 91.4 cm³/mol. The average Bonchev–Trinajstić information content (AvgIpc) is 2.95. The molecule has 2 unspecified atom stereocenters. The van der Waals surface area contributed by atoms with E-state index in [0.29, 0.717) is 34.6 Å². The summed E-state index contributed by atoms with van der Waals surface area (Å²) in [7, 11) is 0. The lowest BCUT2D eigenvalue weighted by atomic mass is 10.0. The number of Topliss-reactive ketones (excluding diaryl/α,β-unsaturated/α-hetero) is 1. The number of nitrogens with two attached hydrogens (primary N) is 1. The molecule has 1 fully saturated rings. The minimum Gasteiger partial charge on any atom is -0.352 e. The van der Waals surface area contributed by atoms with Gasteiger partial charge in [-0.25, -0.2) is 0 Å². The van der Waals surface area contributed by atoms with Gasteiger partial charge in [-0.2, -0.15) is 0 Å². The molecule has 0 saturated heterocycles. The third-order valence-electron chi connectivity index (χ3n) is 3.94. The number of hydrogen-bond donors (Lipinski definition) is 2. The molecule has 6 heteroatoms. The van der Waals surface area contributed by atoms with Crippen molar-refractivity contribution in [2.24, 2.45) is 11.7 Å². The molecule has 1 amide bonds. The molecule has 1 aromatic carbocycles. The van der Waals surface area contributed by atoms with E-state index in [1.165, 1.54) is 11.8 Å². The maximum Gasteiger partial charge on any atom is 0.230 e. The molecule has 3 N–H and O–H groups in total. The standard InChI is InChI=1S/C16H21ClN2O2S/c17-13-6-4-11(5-7-13)15(20)9-22-10-16(21)19-14-3-1-2-12(14)8-18/h4-7,12,14H,1-3,8-10,18H2,(H,19,21). The fraction of sp³-hybridized carbons (Fsp3) is 0.500. The van der Waals surface area contributed by atoms with Crippen LogP contribution in [0.4, 0.5) is 0 Å². The maximum absolute atomic E-state index is 12.0. The van der Waals surface area contributed by atoms with Crippen LogP contribution in [0, 0.1) is 5.92 Å². The molecule has 2 atom stereocenters. The van der Waals surface area contributed by atoms with Crippen LogP contribution in [0.25, 0.3) is 0 Å². The molecule has 4 nitrogen and oxygen atoms in total. The van der Waals surface area contributed by atoms with E-state index in [2.05, 4.69) is 5.32 Å². The lowest BCUT2D eigenvalue weighted by Gasteiger charge is -2.19. The Morgan fingerprint density at radius 1 is 1.23 bits per heavy atom. The zero-order valence-electron chi connectivity index (χ0n) is 12.4. The predicted octanol–water partition coefficient (Wildman–Crippen LogP) is 2.50. The number of carbonyl (C=O) groups is 2. The van der Waals surface area contributed by atoms with Crippen molar-refractivity contribution in [3.63, 3.8) is 0 Å². The number of thioether (sulfide) groups is 1. The van der Waals surface area contributed by atoms with Crippen molar-refractivity contribution in [2.45, 2.75) is 25.3 Å². The topological polar surface area (TPSA) is 72.2 Å². The van der Waals surface area contributed by atoms with Crippen molar-refractivity contribution in [3.05, 3.63) is 34.9 Å². The normalized spacial score (nSPS) is 20.8. The Bertz CT molecular complexity index is 521. The highest BCUT2D eigenvalue weighted by molar-refractivity contribution is 8.00. The van der Waals surface area contributed by atoms with Gasteiger partial charge < -0.3 is 11.1 Å². The van der Waals surface area contributed by atoms with Gasteiger partial charge >= 0.3 is 0 Å². The SMILES string of the molecule is NCC1CCCC1NC(=O)CSCC(=O)c1ccc(Cl)cc1. The van der Waals surface area contributed by atoms with Crippen molar-refractivity contribution in [3.8, 4) is 0 Å². The van der Waals surface area contributed by atoms with Gasteiger partial charge in [-0.05, 0) is 49.6 Å². The van der Waals surface area contributed by atoms with Gasteiger partial charge in [0.05, 0.1) is 11.5 Å². The Balaban J connectivity index is 1.70. The molecule has 0 aromatic heterocycles. The molecule has 120 valence electrons. The first-order valence-electron chi connectivity index (χ1n) is 7.46. The van der Waals surface area contributed by atoms with Crippen molar-refractivity contribution in [1.29, 1.82) is 0 Å². The van der Waals surface area contributed by atoms with Gasteiger partial charge in [0.15, 0.2) is 5.78 Å². The highest BCUT2D eigenvalue weighted by atomic mass is 35.5. The number of amides is 1. The highest BCUT2D eigenvalue weighted by Gasteiger charge is 2.27. The summed E-state index contributed by atoms with van der Waals surface area (Å²) in [5.41, 5.74) is 6.33. The maximum atomic E-state index is 12.0. The fourth-order valence-electron chi connectivity index (χ4n) is 2.71. The van der Waals surface area contributed by atoms with E-state index in [1.807, 2.05) is 0 Å². The molecule has 2 rings (SSSR count). The molecule has 0 spiro atoms. The van der Waals surface area contributed by atoms with Crippen LogP contribution in [0.5, 0.6) is 0 Å². The largest absolute Gasteiger partial charge is 0.352 e. The Hall–Kier alpha value is -1.04. The monoisotopic (exact) mass is 340 g/mol. The number of benzene rings is 1. The summed E-state index contributed by atoms with van der Waals surface area (Å²) in [5, 5.41) is 3.64. The number of hydrogen-bond acceptors (Lipinski definition) is 4. The van der Waals surface area contributed by atoms with E-state index >= 15 is 0 Å². The zero-order chi connectivity index (χ0) is 15.9. The minimum atomic E-state index is -0.0146. The number of ketones is 1. The third-order valence-corrected chi connectivity index (χ3v) is 5.13. The van der Waals surface area contributed by atoms with Crippen molar-refractivity contribution in [1.82, 2.24) is 5.32 Å². The molecule has 0 heterocycles. The lowest BCUT2D eigenvalue weighted by molar-refractivity contribution is -0.119. The van der Waals surface area contributed by atoms with E-state index in [0.717, 1.165) is 19.3 Å². The number of carbonyl (C=O) groups excluding carboxylic acids is 2. The van der Waals surface area contributed by atoms with Crippen molar-refractivity contribution < 1.29 is 9.59 Å². The first-order valence-corrected chi connectivity index (χ1v) is 8.99. The Labute approximate surface area is 140 Å². The van der Waals surface area contributed by atoms with Gasteiger partial charge in [-0.1, -0.05) is 18.0 Å². The number of rotatable bonds is 7. The molecule has 0 bridgehead atoms. The van der Waals surface area contributed by atoms with Crippen LogP contribution in [0.1, 0.15) is 29.6 Å². The van der Waals surface area contributed by atoms with Crippen LogP contribution in [-0.2, 0) is 4.79 Å². The quantitative estimate of drug-likeness (QED) is 0.748. The van der Waals surface area contributed by atoms with Gasteiger partial charge in [0.2, 0.25) is 5.91 Å². The second kappa shape index (κ2) is 8.56. The van der Waals surface area contributed by atoms with E-state index in [-0.39, 0.29) is 17.7 Å². The van der Waals surface area contributed by atoms with E-state index < -0.39 is 0 Å². The molecule has 1 aromatic rings. The summed E-state index contributed by atoms with van der Waals surface area (Å²) < 4.78 is 0. The smallest absolute Gasteiger partial charge is 0.230 e. The lowest BCUT2D eigenvalue weighted by Crippen LogP contribution is -2.40.